The maximum Gasteiger partial charge on any atom is 0.277 e. The molecule has 8 nitrogen and oxygen atoms in total. The summed E-state index contributed by atoms with van der Waals surface area (Å²) in [5.74, 6) is -0.831. The van der Waals surface area contributed by atoms with Crippen molar-refractivity contribution in [2.24, 2.45) is 5.92 Å². The smallest absolute Gasteiger partial charge is 0.277 e. The molecule has 1 aliphatic carbocycles. The van der Waals surface area contributed by atoms with Crippen LogP contribution in [0.3, 0.4) is 0 Å². The van der Waals surface area contributed by atoms with E-state index in [0.717, 1.165) is 12.8 Å². The Hall–Kier alpha value is -4.36. The molecule has 10 heteroatoms. The molecule has 2 heterocycles. The standard InChI is InChI=1S/C30H27FN4O4S/c1-3-25(22-6-4-5-20(15-22)17-32)35-27(16-19-7-8-19)34-29(36)28(30(35)37)40(38,39)23-11-9-21(10-12-23)24-13-14-26(31)33-18(24)2/h4-6,9-15,19,25,36H,3,7-8,16H2,1-2H3. The van der Waals surface area contributed by atoms with Crippen molar-refractivity contribution in [3.05, 3.63) is 99.6 Å². The number of nitrogens with zero attached hydrogens (tertiary/aromatic N) is 4. The van der Waals surface area contributed by atoms with Gasteiger partial charge in [-0.25, -0.2) is 13.4 Å². The molecule has 4 aromatic rings. The van der Waals surface area contributed by atoms with Gasteiger partial charge in [0.2, 0.25) is 21.7 Å². The van der Waals surface area contributed by atoms with E-state index >= 15 is 0 Å². The van der Waals surface area contributed by atoms with Crippen molar-refractivity contribution in [1.82, 2.24) is 14.5 Å². The van der Waals surface area contributed by atoms with E-state index in [2.05, 4.69) is 16.0 Å². The normalized spacial score (nSPS) is 14.1. The van der Waals surface area contributed by atoms with Crippen molar-refractivity contribution < 1.29 is 17.9 Å². The van der Waals surface area contributed by atoms with Crippen molar-refractivity contribution in [3.63, 3.8) is 0 Å². The van der Waals surface area contributed by atoms with Gasteiger partial charge >= 0.3 is 0 Å². The zero-order chi connectivity index (χ0) is 28.6. The lowest BCUT2D eigenvalue weighted by molar-refractivity contribution is 0.406. The first kappa shape index (κ1) is 27.2. The minimum absolute atomic E-state index is 0.195. The first-order valence-corrected chi connectivity index (χ1v) is 14.5. The fraction of sp³-hybridized carbons (Fsp3) is 0.267. The Labute approximate surface area is 231 Å². The van der Waals surface area contributed by atoms with Gasteiger partial charge in [-0.2, -0.15) is 14.6 Å². The lowest BCUT2D eigenvalue weighted by Crippen LogP contribution is -2.33. The second-order valence-corrected chi connectivity index (χ2v) is 11.8. The molecule has 1 atom stereocenters. The second kappa shape index (κ2) is 10.7. The maximum atomic E-state index is 14.0. The van der Waals surface area contributed by atoms with E-state index < -0.39 is 38.2 Å². The van der Waals surface area contributed by atoms with E-state index in [0.29, 0.717) is 52.5 Å². The summed E-state index contributed by atoms with van der Waals surface area (Å²) < 4.78 is 42.3. The molecule has 0 saturated heterocycles. The number of sulfone groups is 1. The molecule has 1 aliphatic rings. The summed E-state index contributed by atoms with van der Waals surface area (Å²) in [4.78, 5) is 21.1. The van der Waals surface area contributed by atoms with Crippen molar-refractivity contribution in [2.75, 3.05) is 0 Å². The van der Waals surface area contributed by atoms with E-state index in [1.165, 1.54) is 22.8 Å². The van der Waals surface area contributed by atoms with Crippen LogP contribution in [0.2, 0.25) is 0 Å². The molecule has 2 aromatic carbocycles. The average Bonchev–Trinajstić information content (AvgIpc) is 3.75. The summed E-state index contributed by atoms with van der Waals surface area (Å²) in [7, 11) is -4.48. The highest BCUT2D eigenvalue weighted by atomic mass is 32.2. The molecular weight excluding hydrogens is 531 g/mol. The fourth-order valence-electron chi connectivity index (χ4n) is 4.98. The Morgan fingerprint density at radius 1 is 1.12 bits per heavy atom. The van der Waals surface area contributed by atoms with Crippen molar-refractivity contribution in [3.8, 4) is 23.1 Å². The highest BCUT2D eigenvalue weighted by Gasteiger charge is 2.33. The molecule has 1 unspecified atom stereocenters. The molecule has 0 spiro atoms. The number of benzene rings is 2. The first-order valence-electron chi connectivity index (χ1n) is 13.0. The zero-order valence-electron chi connectivity index (χ0n) is 22.0. The minimum atomic E-state index is -4.48. The molecule has 1 fully saturated rings. The summed E-state index contributed by atoms with van der Waals surface area (Å²) >= 11 is 0. The number of aromatic hydroxyl groups is 1. The van der Waals surface area contributed by atoms with Crippen LogP contribution in [0.25, 0.3) is 11.1 Å². The van der Waals surface area contributed by atoms with Gasteiger partial charge in [-0.05, 0) is 79.6 Å². The summed E-state index contributed by atoms with van der Waals surface area (Å²) in [5.41, 5.74) is 1.92. The summed E-state index contributed by atoms with van der Waals surface area (Å²) in [6, 6.07) is 16.9. The maximum absolute atomic E-state index is 14.0. The Bertz CT molecular complexity index is 1810. The number of halogens is 1. The van der Waals surface area contributed by atoms with Crippen LogP contribution >= 0.6 is 0 Å². The highest BCUT2D eigenvalue weighted by Crippen LogP contribution is 2.35. The molecular formula is C30H27FN4O4S. The quantitative estimate of drug-likeness (QED) is 0.298. The number of pyridine rings is 1. The number of rotatable bonds is 8. The average molecular weight is 559 g/mol. The van der Waals surface area contributed by atoms with Gasteiger partial charge in [-0.15, -0.1) is 0 Å². The molecule has 1 saturated carbocycles. The van der Waals surface area contributed by atoms with E-state index in [4.69, 9.17) is 0 Å². The Balaban J connectivity index is 1.63. The van der Waals surface area contributed by atoms with Crippen LogP contribution in [-0.2, 0) is 16.3 Å². The predicted molar refractivity (Wildman–Crippen MR) is 146 cm³/mol. The van der Waals surface area contributed by atoms with E-state index in [-0.39, 0.29) is 4.90 Å². The summed E-state index contributed by atoms with van der Waals surface area (Å²) in [5, 5.41) is 20.2. The van der Waals surface area contributed by atoms with Gasteiger partial charge in [0.15, 0.2) is 4.90 Å². The molecule has 1 N–H and O–H groups in total. The van der Waals surface area contributed by atoms with E-state index in [1.807, 2.05) is 6.92 Å². The molecule has 0 aliphatic heterocycles. The monoisotopic (exact) mass is 558 g/mol. The number of aryl methyl sites for hydroxylation is 1. The minimum Gasteiger partial charge on any atom is -0.492 e. The lowest BCUT2D eigenvalue weighted by atomic mass is 10.0. The van der Waals surface area contributed by atoms with Crippen LogP contribution in [0.5, 0.6) is 5.88 Å². The van der Waals surface area contributed by atoms with Crippen LogP contribution < -0.4 is 5.56 Å². The number of nitriles is 1. The van der Waals surface area contributed by atoms with Crippen molar-refractivity contribution >= 4 is 9.84 Å². The Morgan fingerprint density at radius 3 is 2.48 bits per heavy atom. The van der Waals surface area contributed by atoms with Crippen LogP contribution in [0.15, 0.2) is 75.2 Å². The molecule has 0 radical (unpaired) electrons. The van der Waals surface area contributed by atoms with Crippen LogP contribution in [0, 0.1) is 30.1 Å². The summed E-state index contributed by atoms with van der Waals surface area (Å²) in [6.45, 7) is 3.51. The van der Waals surface area contributed by atoms with Gasteiger partial charge in [0.05, 0.1) is 22.6 Å². The third-order valence-electron chi connectivity index (χ3n) is 7.19. The van der Waals surface area contributed by atoms with Crippen LogP contribution in [-0.4, -0.2) is 28.1 Å². The molecule has 40 heavy (non-hydrogen) atoms. The van der Waals surface area contributed by atoms with E-state index in [9.17, 15) is 28.0 Å². The van der Waals surface area contributed by atoms with E-state index in [1.54, 1.807) is 49.4 Å². The Kier molecular flexibility index (Phi) is 7.25. The largest absolute Gasteiger partial charge is 0.492 e. The lowest BCUT2D eigenvalue weighted by Gasteiger charge is -2.23. The topological polar surface area (TPSA) is 126 Å². The van der Waals surface area contributed by atoms with Gasteiger partial charge in [0.1, 0.15) is 5.82 Å². The third-order valence-corrected chi connectivity index (χ3v) is 8.98. The third kappa shape index (κ3) is 5.12. The number of aromatic nitrogens is 3. The van der Waals surface area contributed by atoms with Gasteiger partial charge in [-0.3, -0.25) is 9.36 Å². The second-order valence-electron chi connectivity index (χ2n) is 9.96. The molecule has 2 aromatic heterocycles. The van der Waals surface area contributed by atoms with Crippen molar-refractivity contribution in [2.45, 2.75) is 55.4 Å². The summed E-state index contributed by atoms with van der Waals surface area (Å²) in [6.07, 6.45) is 2.79. The predicted octanol–water partition coefficient (Wildman–Crippen LogP) is 5.11. The molecule has 5 rings (SSSR count). The Morgan fingerprint density at radius 2 is 1.85 bits per heavy atom. The van der Waals surface area contributed by atoms with Gasteiger partial charge in [-0.1, -0.05) is 31.2 Å². The fourth-order valence-corrected chi connectivity index (χ4v) is 6.32. The molecule has 204 valence electrons. The first-order chi connectivity index (χ1) is 19.1. The number of hydrogen-bond donors (Lipinski definition) is 1. The van der Waals surface area contributed by atoms with Gasteiger partial charge in [0.25, 0.3) is 5.56 Å². The van der Waals surface area contributed by atoms with Gasteiger partial charge in [0, 0.05) is 17.7 Å². The van der Waals surface area contributed by atoms with Gasteiger partial charge < -0.3 is 5.11 Å². The number of hydrogen-bond acceptors (Lipinski definition) is 7. The zero-order valence-corrected chi connectivity index (χ0v) is 22.8. The van der Waals surface area contributed by atoms with Crippen molar-refractivity contribution in [1.29, 1.82) is 5.26 Å². The van der Waals surface area contributed by atoms with Crippen LogP contribution in [0.4, 0.5) is 4.39 Å². The SMILES string of the molecule is CCC(c1cccc(C#N)c1)n1c(CC2CC2)nc(O)c(S(=O)(=O)c2ccc(-c3ccc(F)nc3C)cc2)c1=O. The van der Waals surface area contributed by atoms with Crippen LogP contribution in [0.1, 0.15) is 54.9 Å². The molecule has 0 amide bonds. The molecule has 0 bridgehead atoms. The highest BCUT2D eigenvalue weighted by molar-refractivity contribution is 7.91.